The van der Waals surface area contributed by atoms with Crippen LogP contribution in [0.1, 0.15) is 12.8 Å². The van der Waals surface area contributed by atoms with Gasteiger partial charge in [-0.15, -0.1) is 0 Å². The molecule has 1 rings (SSSR count). The Morgan fingerprint density at radius 3 is 2.88 bits per heavy atom. The Labute approximate surface area is 95.5 Å². The van der Waals surface area contributed by atoms with Crippen molar-refractivity contribution < 1.29 is 14.6 Å². The molecule has 0 aliphatic rings. The molecular formula is C12H17NO3. The van der Waals surface area contributed by atoms with E-state index in [2.05, 4.69) is 0 Å². The van der Waals surface area contributed by atoms with Crippen LogP contribution >= 0.6 is 0 Å². The first-order valence-corrected chi connectivity index (χ1v) is 5.20. The number of hydrogen-bond acceptors (Lipinski definition) is 3. The Balaban J connectivity index is 2.71. The first-order chi connectivity index (χ1) is 7.69. The standard InChI is InChI=1S/C12H17NO3/c1-13(12(15)7-4-8-14)10-5-3-6-11(9-10)16-2/h3,5-6,9,14H,4,7-8H2,1-2H3. The van der Waals surface area contributed by atoms with Gasteiger partial charge in [-0.3, -0.25) is 4.79 Å². The molecule has 0 aromatic heterocycles. The monoisotopic (exact) mass is 223 g/mol. The number of rotatable bonds is 5. The van der Waals surface area contributed by atoms with E-state index in [0.29, 0.717) is 12.8 Å². The minimum atomic E-state index is -0.0118. The summed E-state index contributed by atoms with van der Waals surface area (Å²) < 4.78 is 5.09. The predicted molar refractivity (Wildman–Crippen MR) is 62.7 cm³/mol. The van der Waals surface area contributed by atoms with Crippen molar-refractivity contribution in [3.05, 3.63) is 24.3 Å². The summed E-state index contributed by atoms with van der Waals surface area (Å²) in [6, 6.07) is 7.32. The fourth-order valence-corrected chi connectivity index (χ4v) is 1.36. The van der Waals surface area contributed by atoms with E-state index in [4.69, 9.17) is 9.84 Å². The van der Waals surface area contributed by atoms with E-state index in [0.717, 1.165) is 11.4 Å². The fourth-order valence-electron chi connectivity index (χ4n) is 1.36. The smallest absolute Gasteiger partial charge is 0.226 e. The molecular weight excluding hydrogens is 206 g/mol. The summed E-state index contributed by atoms with van der Waals surface area (Å²) in [5.74, 6) is 0.710. The number of aliphatic hydroxyl groups is 1. The zero-order valence-corrected chi connectivity index (χ0v) is 9.64. The number of anilines is 1. The lowest BCUT2D eigenvalue weighted by Crippen LogP contribution is -2.26. The van der Waals surface area contributed by atoms with E-state index in [1.54, 1.807) is 25.1 Å². The third-order valence-electron chi connectivity index (χ3n) is 2.36. The van der Waals surface area contributed by atoms with E-state index < -0.39 is 0 Å². The van der Waals surface area contributed by atoms with E-state index in [1.807, 2.05) is 18.2 Å². The molecule has 16 heavy (non-hydrogen) atoms. The molecule has 4 heteroatoms. The molecule has 0 atom stereocenters. The van der Waals surface area contributed by atoms with Crippen LogP contribution in [0.4, 0.5) is 5.69 Å². The van der Waals surface area contributed by atoms with Gasteiger partial charge in [0.05, 0.1) is 7.11 Å². The maximum atomic E-state index is 11.7. The number of carbonyl (C=O) groups excluding carboxylic acids is 1. The minimum absolute atomic E-state index is 0.0118. The number of ether oxygens (including phenoxy) is 1. The van der Waals surface area contributed by atoms with Crippen molar-refractivity contribution in [2.45, 2.75) is 12.8 Å². The summed E-state index contributed by atoms with van der Waals surface area (Å²) in [5, 5.41) is 8.66. The molecule has 1 amide bonds. The van der Waals surface area contributed by atoms with Crippen LogP contribution in [0.3, 0.4) is 0 Å². The summed E-state index contributed by atoms with van der Waals surface area (Å²) >= 11 is 0. The average molecular weight is 223 g/mol. The third kappa shape index (κ3) is 3.24. The van der Waals surface area contributed by atoms with Crippen LogP contribution in [-0.4, -0.2) is 31.8 Å². The number of carbonyl (C=O) groups is 1. The second kappa shape index (κ2) is 6.12. The van der Waals surface area contributed by atoms with Gasteiger partial charge in [0.15, 0.2) is 0 Å². The van der Waals surface area contributed by atoms with E-state index >= 15 is 0 Å². The van der Waals surface area contributed by atoms with Crippen molar-refractivity contribution in [1.29, 1.82) is 0 Å². The summed E-state index contributed by atoms with van der Waals surface area (Å²) in [5.41, 5.74) is 0.794. The van der Waals surface area contributed by atoms with Gasteiger partial charge in [0.2, 0.25) is 5.91 Å². The highest BCUT2D eigenvalue weighted by molar-refractivity contribution is 5.92. The van der Waals surface area contributed by atoms with Crippen molar-refractivity contribution in [3.8, 4) is 5.75 Å². The van der Waals surface area contributed by atoms with E-state index in [-0.39, 0.29) is 12.5 Å². The second-order valence-corrected chi connectivity index (χ2v) is 3.48. The first kappa shape index (κ1) is 12.5. The quantitative estimate of drug-likeness (QED) is 0.821. The molecule has 0 fully saturated rings. The molecule has 1 aromatic rings. The van der Waals surface area contributed by atoms with Crippen LogP contribution in [0, 0.1) is 0 Å². The number of aliphatic hydroxyl groups excluding tert-OH is 1. The van der Waals surface area contributed by atoms with Gasteiger partial charge in [0.1, 0.15) is 5.75 Å². The summed E-state index contributed by atoms with van der Waals surface area (Å²) in [7, 11) is 3.31. The van der Waals surface area contributed by atoms with Crippen LogP contribution in [0.25, 0.3) is 0 Å². The summed E-state index contributed by atoms with van der Waals surface area (Å²) in [6.07, 6.45) is 0.845. The van der Waals surface area contributed by atoms with E-state index in [9.17, 15) is 4.79 Å². The van der Waals surface area contributed by atoms with E-state index in [1.165, 1.54) is 0 Å². The third-order valence-corrected chi connectivity index (χ3v) is 2.36. The molecule has 0 unspecified atom stereocenters. The van der Waals surface area contributed by atoms with Gasteiger partial charge in [0, 0.05) is 31.8 Å². The lowest BCUT2D eigenvalue weighted by atomic mass is 10.2. The van der Waals surface area contributed by atoms with Crippen LogP contribution in [0.15, 0.2) is 24.3 Å². The Bertz CT molecular complexity index is 352. The van der Waals surface area contributed by atoms with Crippen molar-refractivity contribution in [2.75, 3.05) is 25.7 Å². The Morgan fingerprint density at radius 1 is 1.50 bits per heavy atom. The van der Waals surface area contributed by atoms with Crippen molar-refractivity contribution in [1.82, 2.24) is 0 Å². The first-order valence-electron chi connectivity index (χ1n) is 5.20. The molecule has 0 spiro atoms. The molecule has 0 aliphatic carbocycles. The number of hydrogen-bond donors (Lipinski definition) is 1. The molecule has 88 valence electrons. The number of amides is 1. The molecule has 0 radical (unpaired) electrons. The SMILES string of the molecule is COc1cccc(N(C)C(=O)CCCO)c1. The van der Waals surface area contributed by atoms with Gasteiger partial charge < -0.3 is 14.7 Å². The largest absolute Gasteiger partial charge is 0.497 e. The predicted octanol–water partition coefficient (Wildman–Crippen LogP) is 1.43. The molecule has 0 saturated heterocycles. The lowest BCUT2D eigenvalue weighted by Gasteiger charge is -2.17. The Hall–Kier alpha value is -1.55. The minimum Gasteiger partial charge on any atom is -0.497 e. The van der Waals surface area contributed by atoms with Gasteiger partial charge >= 0.3 is 0 Å². The van der Waals surface area contributed by atoms with Crippen LogP contribution in [0.2, 0.25) is 0 Å². The number of benzene rings is 1. The van der Waals surface area contributed by atoms with Crippen molar-refractivity contribution in [2.24, 2.45) is 0 Å². The topological polar surface area (TPSA) is 49.8 Å². The van der Waals surface area contributed by atoms with Crippen LogP contribution in [-0.2, 0) is 4.79 Å². The van der Waals surface area contributed by atoms with Crippen LogP contribution < -0.4 is 9.64 Å². The van der Waals surface area contributed by atoms with Crippen molar-refractivity contribution in [3.63, 3.8) is 0 Å². The van der Waals surface area contributed by atoms with Gasteiger partial charge in [-0.05, 0) is 18.6 Å². The van der Waals surface area contributed by atoms with Gasteiger partial charge in [-0.2, -0.15) is 0 Å². The highest BCUT2D eigenvalue weighted by Gasteiger charge is 2.10. The average Bonchev–Trinajstić information content (AvgIpc) is 2.35. The number of nitrogens with zero attached hydrogens (tertiary/aromatic N) is 1. The second-order valence-electron chi connectivity index (χ2n) is 3.48. The number of methoxy groups -OCH3 is 1. The van der Waals surface area contributed by atoms with Crippen molar-refractivity contribution >= 4 is 11.6 Å². The molecule has 0 heterocycles. The maximum absolute atomic E-state index is 11.7. The molecule has 0 saturated carbocycles. The normalized spacial score (nSPS) is 9.94. The Kier molecular flexibility index (Phi) is 4.79. The van der Waals surface area contributed by atoms with Gasteiger partial charge in [-0.25, -0.2) is 0 Å². The lowest BCUT2D eigenvalue weighted by molar-refractivity contribution is -0.118. The zero-order valence-electron chi connectivity index (χ0n) is 9.64. The fraction of sp³-hybridized carbons (Fsp3) is 0.417. The molecule has 4 nitrogen and oxygen atoms in total. The van der Waals surface area contributed by atoms with Gasteiger partial charge in [0.25, 0.3) is 0 Å². The van der Waals surface area contributed by atoms with Gasteiger partial charge in [-0.1, -0.05) is 6.07 Å². The maximum Gasteiger partial charge on any atom is 0.226 e. The summed E-state index contributed by atoms with van der Waals surface area (Å²) in [4.78, 5) is 13.2. The molecule has 0 aliphatic heterocycles. The van der Waals surface area contributed by atoms with Crippen LogP contribution in [0.5, 0.6) is 5.75 Å². The summed E-state index contributed by atoms with van der Waals surface area (Å²) in [6.45, 7) is 0.0394. The molecule has 1 aromatic carbocycles. The molecule has 1 N–H and O–H groups in total. The zero-order chi connectivity index (χ0) is 12.0. The highest BCUT2D eigenvalue weighted by Crippen LogP contribution is 2.20. The Morgan fingerprint density at radius 2 is 2.25 bits per heavy atom. The highest BCUT2D eigenvalue weighted by atomic mass is 16.5. The molecule has 0 bridgehead atoms.